The quantitative estimate of drug-likeness (QED) is 0.304. The van der Waals surface area contributed by atoms with Gasteiger partial charge in [-0.3, -0.25) is 4.68 Å². The number of amides is 1. The number of benzene rings is 1. The topological polar surface area (TPSA) is 121 Å². The minimum absolute atomic E-state index is 0.0118. The number of aliphatic hydroxyl groups is 1. The van der Waals surface area contributed by atoms with Crippen molar-refractivity contribution in [2.75, 3.05) is 13.2 Å². The summed E-state index contributed by atoms with van der Waals surface area (Å²) in [7, 11) is -2.15. The average molecular weight is 566 g/mol. The molecule has 0 saturated carbocycles. The Kier molecular flexibility index (Phi) is 10.2. The van der Waals surface area contributed by atoms with E-state index >= 15 is 0 Å². The smallest absolute Gasteiger partial charge is 0.407 e. The molecule has 2 N–H and O–H groups in total. The van der Waals surface area contributed by atoms with E-state index in [-0.39, 0.29) is 24.3 Å². The van der Waals surface area contributed by atoms with E-state index < -0.39 is 37.7 Å². The van der Waals surface area contributed by atoms with E-state index in [1.165, 1.54) is 0 Å². The first-order chi connectivity index (χ1) is 17.6. The standard InChI is InChI=1S/C28H47N3O7Si/c1-26(2,3)36-24(33)23(32)18-35-20-12-13-22-19(14-20)16-31(30-22)17-21(38-39(10,11)28(7,8)9)15-29-25(34)37-27(4,5)6/h12-14,16,21,23,32H,15,17-18H2,1-11H3,(H,29,34)/t21-,23?/m1/s1. The van der Waals surface area contributed by atoms with Crippen molar-refractivity contribution in [3.63, 3.8) is 0 Å². The molecule has 11 heteroatoms. The molecule has 1 heterocycles. The molecule has 0 aliphatic heterocycles. The maximum atomic E-state index is 12.3. The third kappa shape index (κ3) is 10.8. The average Bonchev–Trinajstić information content (AvgIpc) is 3.13. The summed E-state index contributed by atoms with van der Waals surface area (Å²) in [5.41, 5.74) is -0.538. The van der Waals surface area contributed by atoms with Gasteiger partial charge in [-0.1, -0.05) is 20.8 Å². The molecule has 1 aromatic heterocycles. The Morgan fingerprint density at radius 3 is 2.21 bits per heavy atom. The van der Waals surface area contributed by atoms with E-state index in [1.54, 1.807) is 37.6 Å². The number of aliphatic hydroxyl groups excluding tert-OH is 1. The largest absolute Gasteiger partial charge is 0.490 e. The van der Waals surface area contributed by atoms with Crippen LogP contribution in [0.4, 0.5) is 4.79 Å². The fourth-order valence-electron chi connectivity index (χ4n) is 3.31. The predicted octanol–water partition coefficient (Wildman–Crippen LogP) is 5.03. The fourth-order valence-corrected chi connectivity index (χ4v) is 4.65. The molecule has 0 spiro atoms. The molecule has 0 saturated heterocycles. The Labute approximate surface area is 233 Å². The molecular weight excluding hydrogens is 518 g/mol. The van der Waals surface area contributed by atoms with Crippen molar-refractivity contribution in [2.24, 2.45) is 0 Å². The van der Waals surface area contributed by atoms with Crippen molar-refractivity contribution in [2.45, 2.75) is 110 Å². The van der Waals surface area contributed by atoms with Gasteiger partial charge in [0.2, 0.25) is 0 Å². The summed E-state index contributed by atoms with van der Waals surface area (Å²) in [4.78, 5) is 24.3. The number of rotatable bonds is 10. The van der Waals surface area contributed by atoms with Crippen molar-refractivity contribution in [1.82, 2.24) is 15.1 Å². The van der Waals surface area contributed by atoms with Gasteiger partial charge in [0.1, 0.15) is 23.6 Å². The second-order valence-corrected chi connectivity index (χ2v) is 18.1. The minimum atomic E-state index is -2.15. The number of carbonyl (C=O) groups excluding carboxylic acids is 2. The molecule has 1 amide bonds. The number of fused-ring (bicyclic) bond motifs is 1. The number of nitrogens with zero attached hydrogens (tertiary/aromatic N) is 2. The van der Waals surface area contributed by atoms with Crippen LogP contribution < -0.4 is 10.1 Å². The van der Waals surface area contributed by atoms with Gasteiger partial charge in [-0.05, 0) is 77.9 Å². The molecule has 0 radical (unpaired) electrons. The SMILES string of the molecule is CC(C)(C)OC(=O)NC[C@H](Cn1cc2cc(OCC(O)C(=O)OC(C)(C)C)ccc2n1)O[Si](C)(C)C(C)(C)C. The normalized spacial score (nSPS) is 14.6. The first kappa shape index (κ1) is 32.6. The summed E-state index contributed by atoms with van der Waals surface area (Å²) in [5.74, 6) is -0.241. The number of nitrogens with one attached hydrogen (secondary N) is 1. The number of hydrogen-bond acceptors (Lipinski definition) is 8. The highest BCUT2D eigenvalue weighted by Crippen LogP contribution is 2.37. The van der Waals surface area contributed by atoms with E-state index in [1.807, 2.05) is 33.0 Å². The van der Waals surface area contributed by atoms with E-state index in [0.717, 1.165) is 10.9 Å². The van der Waals surface area contributed by atoms with Gasteiger partial charge in [-0.25, -0.2) is 9.59 Å². The van der Waals surface area contributed by atoms with Crippen LogP contribution in [0.3, 0.4) is 0 Å². The number of aromatic nitrogens is 2. The van der Waals surface area contributed by atoms with Gasteiger partial charge < -0.3 is 29.1 Å². The van der Waals surface area contributed by atoms with Crippen LogP contribution >= 0.6 is 0 Å². The van der Waals surface area contributed by atoms with Crippen molar-refractivity contribution in [3.05, 3.63) is 24.4 Å². The third-order valence-electron chi connectivity index (χ3n) is 6.14. The van der Waals surface area contributed by atoms with Crippen molar-refractivity contribution >= 4 is 31.3 Å². The molecule has 1 aromatic carbocycles. The lowest BCUT2D eigenvalue weighted by Gasteiger charge is -2.39. The van der Waals surface area contributed by atoms with E-state index in [4.69, 9.17) is 18.6 Å². The summed E-state index contributed by atoms with van der Waals surface area (Å²) in [6.45, 7) is 22.0. The highest BCUT2D eigenvalue weighted by molar-refractivity contribution is 6.74. The maximum Gasteiger partial charge on any atom is 0.407 e. The maximum absolute atomic E-state index is 12.3. The number of alkyl carbamates (subject to hydrolysis) is 1. The Bertz CT molecular complexity index is 1130. The third-order valence-corrected chi connectivity index (χ3v) is 10.7. The van der Waals surface area contributed by atoms with E-state index in [9.17, 15) is 14.7 Å². The molecule has 1 unspecified atom stereocenters. The zero-order valence-electron chi connectivity index (χ0n) is 25.4. The first-order valence-electron chi connectivity index (χ1n) is 13.3. The summed E-state index contributed by atoms with van der Waals surface area (Å²) in [6, 6.07) is 5.34. The van der Waals surface area contributed by atoms with Crippen LogP contribution in [0, 0.1) is 0 Å². The van der Waals surface area contributed by atoms with Crippen LogP contribution in [-0.4, -0.2) is 71.8 Å². The number of hydrogen-bond donors (Lipinski definition) is 2. The van der Waals surface area contributed by atoms with E-state index in [2.05, 4.69) is 44.3 Å². The van der Waals surface area contributed by atoms with Gasteiger partial charge in [0.05, 0.1) is 18.2 Å². The lowest BCUT2D eigenvalue weighted by atomic mass is 10.2. The van der Waals surface area contributed by atoms with E-state index in [0.29, 0.717) is 12.3 Å². The van der Waals surface area contributed by atoms with Crippen LogP contribution in [0.5, 0.6) is 5.75 Å². The van der Waals surface area contributed by atoms with Crippen molar-refractivity contribution in [1.29, 1.82) is 0 Å². The van der Waals surface area contributed by atoms with Gasteiger partial charge in [-0.2, -0.15) is 5.10 Å². The molecule has 0 aliphatic carbocycles. The number of esters is 1. The molecule has 2 atom stereocenters. The van der Waals surface area contributed by atoms with Gasteiger partial charge in [0.15, 0.2) is 14.4 Å². The zero-order valence-corrected chi connectivity index (χ0v) is 26.4. The van der Waals surface area contributed by atoms with Crippen LogP contribution in [0.15, 0.2) is 24.4 Å². The predicted molar refractivity (Wildman–Crippen MR) is 153 cm³/mol. The van der Waals surface area contributed by atoms with Gasteiger partial charge in [-0.15, -0.1) is 0 Å². The molecule has 2 aromatic rings. The Morgan fingerprint density at radius 1 is 1.03 bits per heavy atom. The van der Waals surface area contributed by atoms with Crippen LogP contribution in [0.25, 0.3) is 10.9 Å². The minimum Gasteiger partial charge on any atom is -0.490 e. The van der Waals surface area contributed by atoms with Crippen LogP contribution in [-0.2, 0) is 25.2 Å². The summed E-state index contributed by atoms with van der Waals surface area (Å²) >= 11 is 0. The number of carbonyl (C=O) groups is 2. The van der Waals surface area contributed by atoms with Crippen LogP contribution in [0.1, 0.15) is 62.3 Å². The lowest BCUT2D eigenvalue weighted by molar-refractivity contribution is -0.166. The lowest BCUT2D eigenvalue weighted by Crippen LogP contribution is -2.48. The fraction of sp³-hybridized carbons (Fsp3) is 0.679. The Morgan fingerprint density at radius 2 is 1.64 bits per heavy atom. The Hall–Kier alpha value is -2.63. The molecule has 39 heavy (non-hydrogen) atoms. The summed E-state index contributed by atoms with van der Waals surface area (Å²) in [6.07, 6.45) is -0.338. The molecule has 10 nitrogen and oxygen atoms in total. The number of ether oxygens (including phenoxy) is 3. The van der Waals surface area contributed by atoms with Gasteiger partial charge in [0, 0.05) is 18.1 Å². The summed E-state index contributed by atoms with van der Waals surface area (Å²) in [5, 5.41) is 18.4. The highest BCUT2D eigenvalue weighted by atomic mass is 28.4. The van der Waals surface area contributed by atoms with Crippen LogP contribution in [0.2, 0.25) is 18.1 Å². The second-order valence-electron chi connectivity index (χ2n) is 13.3. The molecule has 0 bridgehead atoms. The zero-order chi connectivity index (χ0) is 29.8. The first-order valence-corrected chi connectivity index (χ1v) is 16.2. The molecule has 2 rings (SSSR count). The molecule has 220 valence electrons. The molecular formula is C28H47N3O7Si. The monoisotopic (exact) mass is 565 g/mol. The second kappa shape index (κ2) is 12.3. The van der Waals surface area contributed by atoms with Crippen molar-refractivity contribution < 1.29 is 33.3 Å². The summed E-state index contributed by atoms with van der Waals surface area (Å²) < 4.78 is 24.7. The highest BCUT2D eigenvalue weighted by Gasteiger charge is 2.39. The Balaban J connectivity index is 2.14. The van der Waals surface area contributed by atoms with Gasteiger partial charge in [0.25, 0.3) is 0 Å². The molecule has 0 fully saturated rings. The van der Waals surface area contributed by atoms with Crippen molar-refractivity contribution in [3.8, 4) is 5.75 Å². The van der Waals surface area contributed by atoms with Gasteiger partial charge >= 0.3 is 12.1 Å². The molecule has 0 aliphatic rings.